The first-order chi connectivity index (χ1) is 10.1. The summed E-state index contributed by atoms with van der Waals surface area (Å²) in [6, 6.07) is 11.5. The lowest BCUT2D eigenvalue weighted by Crippen LogP contribution is -2.41. The van der Waals surface area contributed by atoms with Crippen LogP contribution in [0.4, 0.5) is 0 Å². The fourth-order valence-electron chi connectivity index (χ4n) is 2.14. The number of rotatable bonds is 7. The van der Waals surface area contributed by atoms with Gasteiger partial charge in [0.15, 0.2) is 0 Å². The molecule has 1 heterocycles. The Kier molecular flexibility index (Phi) is 5.51. The predicted molar refractivity (Wildman–Crippen MR) is 82.7 cm³/mol. The highest BCUT2D eigenvalue weighted by molar-refractivity contribution is 5.81. The van der Waals surface area contributed by atoms with Gasteiger partial charge in [0, 0.05) is 26.2 Å². The summed E-state index contributed by atoms with van der Waals surface area (Å²) in [5, 5.41) is 7.13. The Balaban J connectivity index is 1.67. The summed E-state index contributed by atoms with van der Waals surface area (Å²) in [5.41, 5.74) is 8.09. The Morgan fingerprint density at radius 3 is 2.71 bits per heavy atom. The van der Waals surface area contributed by atoms with Crippen molar-refractivity contribution in [3.05, 3.63) is 53.9 Å². The molecular formula is C16H22N4O. The van der Waals surface area contributed by atoms with Gasteiger partial charge in [-0.3, -0.25) is 9.48 Å². The molecule has 0 saturated heterocycles. The van der Waals surface area contributed by atoms with Crippen LogP contribution in [-0.4, -0.2) is 28.3 Å². The van der Waals surface area contributed by atoms with Crippen molar-refractivity contribution in [3.8, 4) is 0 Å². The van der Waals surface area contributed by atoms with E-state index < -0.39 is 6.04 Å². The van der Waals surface area contributed by atoms with Crippen LogP contribution in [-0.2, 0) is 24.7 Å². The van der Waals surface area contributed by atoms with Gasteiger partial charge < -0.3 is 11.1 Å². The molecule has 2 aromatic rings. The van der Waals surface area contributed by atoms with Gasteiger partial charge in [-0.1, -0.05) is 30.3 Å². The highest BCUT2D eigenvalue weighted by atomic mass is 16.2. The maximum absolute atomic E-state index is 11.9. The molecule has 0 aliphatic carbocycles. The van der Waals surface area contributed by atoms with Gasteiger partial charge in [0.05, 0.1) is 11.7 Å². The Morgan fingerprint density at radius 1 is 1.29 bits per heavy atom. The van der Waals surface area contributed by atoms with Crippen LogP contribution in [0.5, 0.6) is 0 Å². The molecule has 112 valence electrons. The smallest absolute Gasteiger partial charge is 0.236 e. The van der Waals surface area contributed by atoms with Crippen LogP contribution < -0.4 is 11.1 Å². The first kappa shape index (κ1) is 15.3. The molecule has 0 spiro atoms. The average Bonchev–Trinajstić information content (AvgIpc) is 2.91. The highest BCUT2D eigenvalue weighted by Crippen LogP contribution is 2.04. The fraction of sp³-hybridized carbons (Fsp3) is 0.375. The second kappa shape index (κ2) is 7.59. The monoisotopic (exact) mass is 286 g/mol. The third-order valence-electron chi connectivity index (χ3n) is 3.37. The van der Waals surface area contributed by atoms with Crippen molar-refractivity contribution in [2.45, 2.75) is 25.3 Å². The van der Waals surface area contributed by atoms with E-state index in [2.05, 4.69) is 10.4 Å². The maximum atomic E-state index is 11.9. The summed E-state index contributed by atoms with van der Waals surface area (Å²) >= 11 is 0. The van der Waals surface area contributed by atoms with E-state index in [0.29, 0.717) is 13.0 Å². The van der Waals surface area contributed by atoms with Gasteiger partial charge >= 0.3 is 0 Å². The predicted octanol–water partition coefficient (Wildman–Crippen LogP) is 1.04. The SMILES string of the molecule is Cn1ccc(CCNC(=O)C(N)CCc2ccccc2)n1. The minimum Gasteiger partial charge on any atom is -0.354 e. The summed E-state index contributed by atoms with van der Waals surface area (Å²) in [7, 11) is 1.88. The lowest BCUT2D eigenvalue weighted by atomic mass is 10.1. The summed E-state index contributed by atoms with van der Waals surface area (Å²) in [6.45, 7) is 0.564. The number of aromatic nitrogens is 2. The molecular weight excluding hydrogens is 264 g/mol. The average molecular weight is 286 g/mol. The first-order valence-corrected chi connectivity index (χ1v) is 7.21. The lowest BCUT2D eigenvalue weighted by molar-refractivity contribution is -0.122. The number of carbonyl (C=O) groups excluding carboxylic acids is 1. The number of nitrogens with zero attached hydrogens (tertiary/aromatic N) is 2. The van der Waals surface area contributed by atoms with E-state index in [-0.39, 0.29) is 5.91 Å². The number of nitrogens with one attached hydrogen (secondary N) is 1. The van der Waals surface area contributed by atoms with Crippen LogP contribution in [0.3, 0.4) is 0 Å². The summed E-state index contributed by atoms with van der Waals surface area (Å²) in [6.07, 6.45) is 4.08. The van der Waals surface area contributed by atoms with Crippen LogP contribution in [0.1, 0.15) is 17.7 Å². The molecule has 3 N–H and O–H groups in total. The van der Waals surface area contributed by atoms with E-state index in [1.54, 1.807) is 4.68 Å². The Morgan fingerprint density at radius 2 is 2.05 bits per heavy atom. The summed E-state index contributed by atoms with van der Waals surface area (Å²) in [5.74, 6) is -0.0955. The van der Waals surface area contributed by atoms with Crippen LogP contribution in [0, 0.1) is 0 Å². The largest absolute Gasteiger partial charge is 0.354 e. The molecule has 1 atom stereocenters. The van der Waals surface area contributed by atoms with Crippen molar-refractivity contribution in [1.82, 2.24) is 15.1 Å². The molecule has 0 fully saturated rings. The molecule has 1 aromatic carbocycles. The zero-order chi connectivity index (χ0) is 15.1. The number of hydrogen-bond donors (Lipinski definition) is 2. The molecule has 0 radical (unpaired) electrons. The number of aryl methyl sites for hydroxylation is 2. The molecule has 5 nitrogen and oxygen atoms in total. The van der Waals surface area contributed by atoms with Crippen LogP contribution in [0.15, 0.2) is 42.6 Å². The molecule has 5 heteroatoms. The molecule has 21 heavy (non-hydrogen) atoms. The van der Waals surface area contributed by atoms with Gasteiger partial charge in [0.25, 0.3) is 0 Å². The molecule has 0 saturated carbocycles. The van der Waals surface area contributed by atoms with Crippen molar-refractivity contribution in [1.29, 1.82) is 0 Å². The fourth-order valence-corrected chi connectivity index (χ4v) is 2.14. The van der Waals surface area contributed by atoms with Gasteiger partial charge in [-0.05, 0) is 24.5 Å². The van der Waals surface area contributed by atoms with Crippen LogP contribution >= 0.6 is 0 Å². The van der Waals surface area contributed by atoms with Gasteiger partial charge in [0.2, 0.25) is 5.91 Å². The van der Waals surface area contributed by atoms with Gasteiger partial charge in [-0.15, -0.1) is 0 Å². The number of hydrogen-bond acceptors (Lipinski definition) is 3. The number of amides is 1. The highest BCUT2D eigenvalue weighted by Gasteiger charge is 2.12. The van der Waals surface area contributed by atoms with Gasteiger partial charge in [-0.25, -0.2) is 0 Å². The molecule has 1 aromatic heterocycles. The zero-order valence-corrected chi connectivity index (χ0v) is 12.3. The quantitative estimate of drug-likeness (QED) is 0.798. The Hall–Kier alpha value is -2.14. The van der Waals surface area contributed by atoms with E-state index in [0.717, 1.165) is 18.5 Å². The maximum Gasteiger partial charge on any atom is 0.236 e. The van der Waals surface area contributed by atoms with E-state index in [1.165, 1.54) is 5.56 Å². The Bertz CT molecular complexity index is 565. The minimum atomic E-state index is -0.464. The normalized spacial score (nSPS) is 12.1. The topological polar surface area (TPSA) is 72.9 Å². The van der Waals surface area contributed by atoms with E-state index in [9.17, 15) is 4.79 Å². The third-order valence-corrected chi connectivity index (χ3v) is 3.37. The molecule has 0 bridgehead atoms. The van der Waals surface area contributed by atoms with E-state index in [4.69, 9.17) is 5.73 Å². The zero-order valence-electron chi connectivity index (χ0n) is 12.3. The second-order valence-corrected chi connectivity index (χ2v) is 5.15. The second-order valence-electron chi connectivity index (χ2n) is 5.15. The van der Waals surface area contributed by atoms with Crippen molar-refractivity contribution in [2.24, 2.45) is 12.8 Å². The summed E-state index contributed by atoms with van der Waals surface area (Å²) in [4.78, 5) is 11.9. The van der Waals surface area contributed by atoms with E-state index in [1.807, 2.05) is 49.6 Å². The number of nitrogens with two attached hydrogens (primary N) is 1. The van der Waals surface area contributed by atoms with Gasteiger partial charge in [0.1, 0.15) is 0 Å². The van der Waals surface area contributed by atoms with Crippen LogP contribution in [0.25, 0.3) is 0 Å². The van der Waals surface area contributed by atoms with Gasteiger partial charge in [-0.2, -0.15) is 5.10 Å². The molecule has 2 rings (SSSR count). The molecule has 0 aliphatic heterocycles. The Labute approximate surface area is 125 Å². The summed E-state index contributed by atoms with van der Waals surface area (Å²) < 4.78 is 1.75. The van der Waals surface area contributed by atoms with Crippen molar-refractivity contribution >= 4 is 5.91 Å². The van der Waals surface area contributed by atoms with Crippen molar-refractivity contribution in [2.75, 3.05) is 6.54 Å². The standard InChI is InChI=1S/C16H22N4O/c1-20-12-10-14(19-20)9-11-18-16(21)15(17)8-7-13-5-3-2-4-6-13/h2-6,10,12,15H,7-9,11,17H2,1H3,(H,18,21). The molecule has 1 amide bonds. The third kappa shape index (κ3) is 5.04. The minimum absolute atomic E-state index is 0.0955. The lowest BCUT2D eigenvalue weighted by Gasteiger charge is -2.11. The van der Waals surface area contributed by atoms with E-state index >= 15 is 0 Å². The first-order valence-electron chi connectivity index (χ1n) is 7.21. The van der Waals surface area contributed by atoms with Crippen molar-refractivity contribution < 1.29 is 4.79 Å². The van der Waals surface area contributed by atoms with Crippen LogP contribution in [0.2, 0.25) is 0 Å². The number of benzene rings is 1. The molecule has 0 aliphatic rings. The number of carbonyl (C=O) groups is 1. The van der Waals surface area contributed by atoms with Crippen molar-refractivity contribution in [3.63, 3.8) is 0 Å². The molecule has 1 unspecified atom stereocenters.